The Morgan fingerprint density at radius 1 is 1.50 bits per heavy atom. The lowest BCUT2D eigenvalue weighted by molar-refractivity contribution is -0.121. The highest BCUT2D eigenvalue weighted by Gasteiger charge is 2.24. The van der Waals surface area contributed by atoms with Crippen LogP contribution >= 0.6 is 11.6 Å². The van der Waals surface area contributed by atoms with Gasteiger partial charge in [0.05, 0.1) is 11.6 Å². The first kappa shape index (κ1) is 12.9. The molecule has 0 amide bonds. The number of nitriles is 1. The molecule has 0 heterocycles. The molecule has 2 rings (SSSR count). The van der Waals surface area contributed by atoms with Crippen molar-refractivity contribution in [3.05, 3.63) is 28.8 Å². The van der Waals surface area contributed by atoms with Gasteiger partial charge in [0.25, 0.3) is 0 Å². The molecule has 0 spiro atoms. The van der Waals surface area contributed by atoms with Crippen molar-refractivity contribution < 1.29 is 9.53 Å². The van der Waals surface area contributed by atoms with Gasteiger partial charge in [-0.15, -0.1) is 0 Å². The molecule has 1 aliphatic rings. The van der Waals surface area contributed by atoms with E-state index in [4.69, 9.17) is 21.6 Å². The second kappa shape index (κ2) is 5.88. The van der Waals surface area contributed by atoms with E-state index in [-0.39, 0.29) is 5.92 Å². The highest BCUT2D eigenvalue weighted by molar-refractivity contribution is 6.31. The van der Waals surface area contributed by atoms with Crippen molar-refractivity contribution in [3.63, 3.8) is 0 Å². The van der Waals surface area contributed by atoms with Gasteiger partial charge in [-0.25, -0.2) is 0 Å². The third-order valence-electron chi connectivity index (χ3n) is 3.24. The molecule has 1 atom stereocenters. The Bertz CT molecular complexity index is 493. The van der Waals surface area contributed by atoms with Gasteiger partial charge in [0.1, 0.15) is 23.2 Å². The first-order valence-electron chi connectivity index (χ1n) is 6.06. The monoisotopic (exact) mass is 263 g/mol. The average molecular weight is 264 g/mol. The smallest absolute Gasteiger partial charge is 0.138 e. The number of halogens is 1. The zero-order chi connectivity index (χ0) is 13.0. The van der Waals surface area contributed by atoms with E-state index in [1.54, 1.807) is 18.2 Å². The Morgan fingerprint density at radius 3 is 3.00 bits per heavy atom. The van der Waals surface area contributed by atoms with Crippen LogP contribution in [0.1, 0.15) is 31.2 Å². The van der Waals surface area contributed by atoms with E-state index in [9.17, 15) is 4.79 Å². The molecule has 0 saturated heterocycles. The van der Waals surface area contributed by atoms with Crippen molar-refractivity contribution in [2.45, 2.75) is 25.7 Å². The van der Waals surface area contributed by atoms with Crippen LogP contribution < -0.4 is 4.74 Å². The summed E-state index contributed by atoms with van der Waals surface area (Å²) < 4.78 is 5.56. The van der Waals surface area contributed by atoms with Gasteiger partial charge in [-0.3, -0.25) is 4.79 Å². The summed E-state index contributed by atoms with van der Waals surface area (Å²) in [5, 5.41) is 9.38. The van der Waals surface area contributed by atoms with E-state index in [0.717, 1.165) is 19.3 Å². The molecule has 18 heavy (non-hydrogen) atoms. The molecule has 0 N–H and O–H groups in total. The Morgan fingerprint density at radius 2 is 2.33 bits per heavy atom. The third kappa shape index (κ3) is 2.83. The van der Waals surface area contributed by atoms with Crippen molar-refractivity contribution in [2.75, 3.05) is 6.61 Å². The maximum Gasteiger partial charge on any atom is 0.138 e. The summed E-state index contributed by atoms with van der Waals surface area (Å²) in [6.45, 7) is 0.450. The summed E-state index contributed by atoms with van der Waals surface area (Å²) in [5.41, 5.74) is 0.358. The number of ketones is 1. The maximum absolute atomic E-state index is 11.5. The van der Waals surface area contributed by atoms with Crippen molar-refractivity contribution >= 4 is 17.4 Å². The van der Waals surface area contributed by atoms with E-state index in [1.165, 1.54) is 0 Å². The summed E-state index contributed by atoms with van der Waals surface area (Å²) in [6.07, 6.45) is 3.37. The number of benzene rings is 1. The van der Waals surface area contributed by atoms with Gasteiger partial charge in [0.2, 0.25) is 0 Å². The van der Waals surface area contributed by atoms with Crippen LogP contribution in [0, 0.1) is 17.2 Å². The van der Waals surface area contributed by atoms with Crippen LogP contribution in [0.25, 0.3) is 0 Å². The van der Waals surface area contributed by atoms with Crippen molar-refractivity contribution in [3.8, 4) is 11.8 Å². The normalized spacial score (nSPS) is 18.7. The lowest BCUT2D eigenvalue weighted by Gasteiger charge is -2.11. The molecule has 0 bridgehead atoms. The molecule has 1 aliphatic carbocycles. The lowest BCUT2D eigenvalue weighted by Crippen LogP contribution is -2.11. The molecule has 3 nitrogen and oxygen atoms in total. The van der Waals surface area contributed by atoms with Gasteiger partial charge >= 0.3 is 0 Å². The first-order valence-corrected chi connectivity index (χ1v) is 6.44. The first-order chi connectivity index (χ1) is 8.72. The number of ether oxygens (including phenoxy) is 1. The van der Waals surface area contributed by atoms with Gasteiger partial charge in [-0.2, -0.15) is 5.26 Å². The molecule has 0 radical (unpaired) electrons. The number of hydrogen-bond donors (Lipinski definition) is 0. The summed E-state index contributed by atoms with van der Waals surface area (Å²) >= 11 is 5.90. The van der Waals surface area contributed by atoms with Crippen LogP contribution in [0.5, 0.6) is 5.75 Å². The van der Waals surface area contributed by atoms with Crippen molar-refractivity contribution in [1.82, 2.24) is 0 Å². The summed E-state index contributed by atoms with van der Waals surface area (Å²) in [5.74, 6) is 0.968. The Balaban J connectivity index is 1.93. The maximum atomic E-state index is 11.5. The number of carbonyl (C=O) groups excluding carboxylic acids is 1. The quantitative estimate of drug-likeness (QED) is 0.837. The number of hydrogen-bond acceptors (Lipinski definition) is 3. The molecule has 1 unspecified atom stereocenters. The zero-order valence-corrected chi connectivity index (χ0v) is 10.7. The lowest BCUT2D eigenvalue weighted by atomic mass is 10.0. The minimum atomic E-state index is 0.134. The highest BCUT2D eigenvalue weighted by atomic mass is 35.5. The molecular weight excluding hydrogens is 250 g/mol. The van der Waals surface area contributed by atoms with Gasteiger partial charge in [0, 0.05) is 12.3 Å². The molecule has 0 aromatic heterocycles. The Hall–Kier alpha value is -1.53. The van der Waals surface area contributed by atoms with E-state index in [0.29, 0.717) is 35.1 Å². The van der Waals surface area contributed by atoms with Gasteiger partial charge < -0.3 is 4.74 Å². The van der Waals surface area contributed by atoms with Crippen LogP contribution in [0.2, 0.25) is 5.02 Å². The summed E-state index contributed by atoms with van der Waals surface area (Å²) in [7, 11) is 0. The van der Waals surface area contributed by atoms with Crippen LogP contribution in [-0.4, -0.2) is 12.4 Å². The van der Waals surface area contributed by atoms with Crippen LogP contribution in [0.15, 0.2) is 18.2 Å². The van der Waals surface area contributed by atoms with E-state index in [2.05, 4.69) is 0 Å². The highest BCUT2D eigenvalue weighted by Crippen LogP contribution is 2.27. The van der Waals surface area contributed by atoms with Crippen molar-refractivity contribution in [2.24, 2.45) is 5.92 Å². The summed E-state index contributed by atoms with van der Waals surface area (Å²) in [4.78, 5) is 11.5. The Kier molecular flexibility index (Phi) is 4.22. The summed E-state index contributed by atoms with van der Waals surface area (Å²) in [6, 6.07) is 7.16. The van der Waals surface area contributed by atoms with Crippen LogP contribution in [0.4, 0.5) is 0 Å². The van der Waals surface area contributed by atoms with Gasteiger partial charge in [-0.1, -0.05) is 17.7 Å². The second-order valence-electron chi connectivity index (χ2n) is 4.42. The van der Waals surface area contributed by atoms with Gasteiger partial charge in [-0.05, 0) is 31.4 Å². The van der Waals surface area contributed by atoms with Crippen LogP contribution in [-0.2, 0) is 4.79 Å². The van der Waals surface area contributed by atoms with Gasteiger partial charge in [0.15, 0.2) is 0 Å². The van der Waals surface area contributed by atoms with Crippen LogP contribution in [0.3, 0.4) is 0 Å². The molecule has 1 aromatic carbocycles. The zero-order valence-electron chi connectivity index (χ0n) is 9.99. The molecule has 0 aliphatic heterocycles. The van der Waals surface area contributed by atoms with Crippen molar-refractivity contribution in [1.29, 1.82) is 5.26 Å². The molecule has 94 valence electrons. The Labute approximate surface area is 111 Å². The number of carbonyl (C=O) groups is 1. The minimum Gasteiger partial charge on any atom is -0.492 e. The molecule has 1 aromatic rings. The fraction of sp³-hybridized carbons (Fsp3) is 0.429. The van der Waals surface area contributed by atoms with E-state index < -0.39 is 0 Å². The SMILES string of the molecule is N#Cc1c(Cl)cccc1OCCC1CCCC1=O. The topological polar surface area (TPSA) is 50.1 Å². The number of nitrogens with zero attached hydrogens (tertiary/aromatic N) is 1. The molecule has 4 heteroatoms. The number of rotatable bonds is 4. The van der Waals surface area contributed by atoms with E-state index >= 15 is 0 Å². The minimum absolute atomic E-state index is 0.134. The molecule has 1 fully saturated rings. The fourth-order valence-electron chi connectivity index (χ4n) is 2.24. The second-order valence-corrected chi connectivity index (χ2v) is 4.82. The standard InChI is InChI=1S/C14H14ClNO2/c15-12-4-2-6-14(11(12)9-16)18-8-7-10-3-1-5-13(10)17/h2,4,6,10H,1,3,5,7-8H2. The molecule has 1 saturated carbocycles. The third-order valence-corrected chi connectivity index (χ3v) is 3.56. The predicted octanol–water partition coefficient (Wildman–Crippen LogP) is 3.35. The molecular formula is C14H14ClNO2. The predicted molar refractivity (Wildman–Crippen MR) is 68.6 cm³/mol. The largest absolute Gasteiger partial charge is 0.492 e. The number of Topliss-reactive ketones (excluding diaryl/α,β-unsaturated/α-hetero) is 1. The average Bonchev–Trinajstić information content (AvgIpc) is 2.75. The van der Waals surface area contributed by atoms with E-state index in [1.807, 2.05) is 6.07 Å². The fourth-order valence-corrected chi connectivity index (χ4v) is 2.45.